The lowest BCUT2D eigenvalue weighted by Crippen LogP contribution is -2.39. The maximum Gasteiger partial charge on any atom is 0.225 e. The highest BCUT2D eigenvalue weighted by Crippen LogP contribution is 2.33. The number of hydrogen-bond acceptors (Lipinski definition) is 5. The fourth-order valence-corrected chi connectivity index (χ4v) is 4.39. The van der Waals surface area contributed by atoms with Crippen LogP contribution in [0.2, 0.25) is 0 Å². The van der Waals surface area contributed by atoms with Crippen molar-refractivity contribution < 1.29 is 9.53 Å². The van der Waals surface area contributed by atoms with Crippen molar-refractivity contribution in [3.63, 3.8) is 0 Å². The summed E-state index contributed by atoms with van der Waals surface area (Å²) in [6.45, 7) is 4.42. The molecule has 0 fully saturated rings. The van der Waals surface area contributed by atoms with E-state index < -0.39 is 0 Å². The predicted molar refractivity (Wildman–Crippen MR) is 108 cm³/mol. The number of benzene rings is 1. The van der Waals surface area contributed by atoms with Crippen LogP contribution in [0.5, 0.6) is 0 Å². The normalized spacial score (nSPS) is 16.2. The fraction of sp³-hybridized carbons (Fsp3) is 0.381. The van der Waals surface area contributed by atoms with Crippen LogP contribution in [-0.4, -0.2) is 45.6 Å². The molecule has 0 bridgehead atoms. The van der Waals surface area contributed by atoms with E-state index in [0.717, 1.165) is 16.5 Å². The van der Waals surface area contributed by atoms with Gasteiger partial charge in [-0.2, -0.15) is 0 Å². The Balaban J connectivity index is 1.64. The molecule has 1 atom stereocenters. The minimum atomic E-state index is 0.0474. The molecule has 0 spiro atoms. The van der Waals surface area contributed by atoms with Gasteiger partial charge >= 0.3 is 0 Å². The Morgan fingerprint density at radius 2 is 2.21 bits per heavy atom. The van der Waals surface area contributed by atoms with E-state index in [0.29, 0.717) is 32.7 Å². The smallest absolute Gasteiger partial charge is 0.225 e. The molecule has 146 valence electrons. The van der Waals surface area contributed by atoms with Gasteiger partial charge in [0.15, 0.2) is 0 Å². The van der Waals surface area contributed by atoms with Gasteiger partial charge in [-0.05, 0) is 18.1 Å². The van der Waals surface area contributed by atoms with Crippen LogP contribution in [0.4, 0.5) is 0 Å². The van der Waals surface area contributed by atoms with Gasteiger partial charge in [-0.25, -0.2) is 9.97 Å². The maximum atomic E-state index is 12.7. The van der Waals surface area contributed by atoms with Crippen LogP contribution in [0.3, 0.4) is 0 Å². The molecule has 28 heavy (non-hydrogen) atoms. The van der Waals surface area contributed by atoms with Crippen molar-refractivity contribution >= 4 is 17.2 Å². The van der Waals surface area contributed by atoms with Gasteiger partial charge < -0.3 is 14.2 Å². The molecule has 7 heteroatoms. The van der Waals surface area contributed by atoms with Crippen LogP contribution >= 0.6 is 11.3 Å². The summed E-state index contributed by atoms with van der Waals surface area (Å²) in [6.07, 6.45) is 4.24. The van der Waals surface area contributed by atoms with Gasteiger partial charge in [-0.1, -0.05) is 24.3 Å². The second-order valence-corrected chi connectivity index (χ2v) is 8.10. The lowest BCUT2D eigenvalue weighted by atomic mass is 9.88. The average Bonchev–Trinajstić information content (AvgIpc) is 3.34. The van der Waals surface area contributed by atoms with E-state index in [9.17, 15) is 4.79 Å². The van der Waals surface area contributed by atoms with Gasteiger partial charge in [0.2, 0.25) is 5.91 Å². The summed E-state index contributed by atoms with van der Waals surface area (Å²) >= 11 is 1.66. The number of amides is 1. The van der Waals surface area contributed by atoms with Crippen molar-refractivity contribution in [2.24, 2.45) is 0 Å². The first-order valence-corrected chi connectivity index (χ1v) is 10.3. The molecule has 0 radical (unpaired) electrons. The van der Waals surface area contributed by atoms with E-state index >= 15 is 0 Å². The number of fused-ring (bicyclic) bond motifs is 1. The molecular formula is C21H24N4O2S. The number of aryl methyl sites for hydroxylation is 1. The first kappa shape index (κ1) is 18.8. The van der Waals surface area contributed by atoms with Crippen LogP contribution in [0, 0.1) is 6.92 Å². The van der Waals surface area contributed by atoms with Crippen molar-refractivity contribution in [2.45, 2.75) is 32.4 Å². The lowest BCUT2D eigenvalue weighted by Gasteiger charge is -2.34. The van der Waals surface area contributed by atoms with E-state index in [1.807, 2.05) is 30.3 Å². The molecule has 0 unspecified atom stereocenters. The van der Waals surface area contributed by atoms with Crippen molar-refractivity contribution in [3.05, 3.63) is 69.7 Å². The molecule has 1 aliphatic heterocycles. The number of ether oxygens (including phenoxy) is 1. The summed E-state index contributed by atoms with van der Waals surface area (Å²) in [6, 6.07) is 8.35. The predicted octanol–water partition coefficient (Wildman–Crippen LogP) is 3.21. The molecule has 1 aliphatic rings. The van der Waals surface area contributed by atoms with Crippen LogP contribution in [-0.2, 0) is 22.6 Å². The molecule has 6 nitrogen and oxygen atoms in total. The maximum absolute atomic E-state index is 12.7. The summed E-state index contributed by atoms with van der Waals surface area (Å²) in [5, 5.41) is 3.16. The van der Waals surface area contributed by atoms with Crippen LogP contribution in [0.15, 0.2) is 42.0 Å². The second kappa shape index (κ2) is 8.24. The zero-order valence-corrected chi connectivity index (χ0v) is 17.0. The largest absolute Gasteiger partial charge is 0.384 e. The third-order valence-corrected chi connectivity index (χ3v) is 5.95. The number of thiazole rings is 1. The minimum Gasteiger partial charge on any atom is -0.384 e. The van der Waals surface area contributed by atoms with Gasteiger partial charge in [0.1, 0.15) is 5.82 Å². The summed E-state index contributed by atoms with van der Waals surface area (Å²) in [4.78, 5) is 23.9. The highest BCUT2D eigenvalue weighted by Gasteiger charge is 2.31. The van der Waals surface area contributed by atoms with Crippen LogP contribution in [0.25, 0.3) is 0 Å². The van der Waals surface area contributed by atoms with Gasteiger partial charge in [0, 0.05) is 38.0 Å². The minimum absolute atomic E-state index is 0.0474. The summed E-state index contributed by atoms with van der Waals surface area (Å²) in [5.41, 5.74) is 3.47. The molecule has 1 aromatic carbocycles. The number of carbonyl (C=O) groups excluding carboxylic acids is 1. The molecule has 1 amide bonds. The summed E-state index contributed by atoms with van der Waals surface area (Å²) in [7, 11) is 1.62. The SMILES string of the molecule is COCCC(=O)N1Cc2ccccc2[C@@H](c2nccn2Cc2csc(C)n2)C1. The Bertz CT molecular complexity index is 965. The highest BCUT2D eigenvalue weighted by atomic mass is 32.1. The average molecular weight is 397 g/mol. The molecule has 4 rings (SSSR count). The Hall–Kier alpha value is -2.51. The summed E-state index contributed by atoms with van der Waals surface area (Å²) < 4.78 is 7.24. The lowest BCUT2D eigenvalue weighted by molar-refractivity contribution is -0.133. The Morgan fingerprint density at radius 3 is 3.00 bits per heavy atom. The van der Waals surface area contributed by atoms with Gasteiger partial charge in [0.05, 0.1) is 36.2 Å². The summed E-state index contributed by atoms with van der Waals surface area (Å²) in [5.74, 6) is 1.14. The van der Waals surface area contributed by atoms with Crippen LogP contribution in [0.1, 0.15) is 40.0 Å². The fourth-order valence-electron chi connectivity index (χ4n) is 3.79. The van der Waals surface area contributed by atoms with Crippen molar-refractivity contribution in [1.29, 1.82) is 0 Å². The standard InChI is InChI=1S/C21H24N4O2S/c1-15-23-17(14-28-15)12-24-9-8-22-21(24)19-13-25(20(26)7-10-27-2)11-16-5-3-4-6-18(16)19/h3-6,8-9,14,19H,7,10-13H2,1-2H3/t19-/m0/s1. The van der Waals surface area contributed by atoms with Crippen molar-refractivity contribution in [3.8, 4) is 0 Å². The molecular weight excluding hydrogens is 372 g/mol. The third kappa shape index (κ3) is 3.86. The number of imidazole rings is 1. The number of aromatic nitrogens is 3. The van der Waals surface area contributed by atoms with E-state index in [1.54, 1.807) is 18.4 Å². The Morgan fingerprint density at radius 1 is 1.36 bits per heavy atom. The number of nitrogens with zero attached hydrogens (tertiary/aromatic N) is 4. The van der Waals surface area contributed by atoms with Gasteiger partial charge in [-0.3, -0.25) is 4.79 Å². The van der Waals surface area contributed by atoms with Crippen molar-refractivity contribution in [2.75, 3.05) is 20.3 Å². The molecule has 0 N–H and O–H groups in total. The molecule has 0 aliphatic carbocycles. The topological polar surface area (TPSA) is 60.2 Å². The Labute approximate surface area is 168 Å². The third-order valence-electron chi connectivity index (χ3n) is 5.13. The number of rotatable bonds is 6. The molecule has 2 aromatic heterocycles. The van der Waals surface area contributed by atoms with Gasteiger partial charge in [-0.15, -0.1) is 11.3 Å². The number of hydrogen-bond donors (Lipinski definition) is 0. The van der Waals surface area contributed by atoms with E-state index in [1.165, 1.54) is 11.1 Å². The van der Waals surface area contributed by atoms with Crippen molar-refractivity contribution in [1.82, 2.24) is 19.4 Å². The van der Waals surface area contributed by atoms with Crippen LogP contribution < -0.4 is 0 Å². The zero-order chi connectivity index (χ0) is 19.5. The Kier molecular flexibility index (Phi) is 5.54. The second-order valence-electron chi connectivity index (χ2n) is 7.04. The van der Waals surface area contributed by atoms with E-state index in [-0.39, 0.29) is 11.8 Å². The van der Waals surface area contributed by atoms with E-state index in [2.05, 4.69) is 38.1 Å². The van der Waals surface area contributed by atoms with Gasteiger partial charge in [0.25, 0.3) is 0 Å². The first-order valence-electron chi connectivity index (χ1n) is 9.42. The molecule has 0 saturated heterocycles. The quantitative estimate of drug-likeness (QED) is 0.642. The number of methoxy groups -OCH3 is 1. The zero-order valence-electron chi connectivity index (χ0n) is 16.2. The highest BCUT2D eigenvalue weighted by molar-refractivity contribution is 7.09. The first-order chi connectivity index (χ1) is 13.7. The molecule has 3 heterocycles. The van der Waals surface area contributed by atoms with E-state index in [4.69, 9.17) is 4.74 Å². The molecule has 0 saturated carbocycles. The number of carbonyl (C=O) groups is 1. The monoisotopic (exact) mass is 396 g/mol. The molecule has 3 aromatic rings.